The predicted octanol–water partition coefficient (Wildman–Crippen LogP) is 9.61. The Hall–Kier alpha value is -6.22. The summed E-state index contributed by atoms with van der Waals surface area (Å²) in [6.45, 7) is -1.19. The van der Waals surface area contributed by atoms with Gasteiger partial charge in [-0.05, 0) is 207 Å². The van der Waals surface area contributed by atoms with Crippen LogP contribution in [0.1, 0.15) is 191 Å². The van der Waals surface area contributed by atoms with Gasteiger partial charge in [-0.1, -0.05) is 43.0 Å². The SMILES string of the molecule is COc1c2c3c4c(O)c(c5c6c4c1CCC6=CC1CCCC51)C(=O)CN1Cc4c(cccc4C1=O)CC#COC1C(O)C(COC(c4c[nH]c5cc6c7c(c45)CC4(CCC(CCCO)C4)CC4CC5CCCC5(O)CC74CC6)C=C2)OC(O3)C1(O)CO. The number of aliphatic hydroxyl groups excluding tert-OH is 3. The first-order valence-corrected chi connectivity index (χ1v) is 32.6. The minimum Gasteiger partial charge on any atom is -0.506 e. The first-order chi connectivity index (χ1) is 42.3. The van der Waals surface area contributed by atoms with Gasteiger partial charge in [0.1, 0.15) is 41.7 Å². The second-order valence-corrected chi connectivity index (χ2v) is 28.7. The van der Waals surface area contributed by atoms with Crippen LogP contribution < -0.4 is 9.47 Å². The number of aromatic amines is 1. The molecular weight excluding hydrogens is 1100 g/mol. The van der Waals surface area contributed by atoms with E-state index < -0.39 is 54.3 Å². The fraction of sp³-hybridized carbons (Fsp3) is 0.556. The third kappa shape index (κ3) is 7.86. The number of aryl methyl sites for hydroxylation is 2. The fourth-order valence-corrected chi connectivity index (χ4v) is 20.7. The van der Waals surface area contributed by atoms with Crippen LogP contribution in [0.5, 0.6) is 17.2 Å². The smallest absolute Gasteiger partial charge is 0.254 e. The topological polar surface area (TPSA) is 221 Å². The average molecular weight is 1180 g/mol. The average Bonchev–Trinajstić information content (AvgIpc) is 1.69. The molecule has 5 aromatic rings. The van der Waals surface area contributed by atoms with Crippen LogP contribution >= 0.6 is 0 Å². The Morgan fingerprint density at radius 1 is 0.920 bits per heavy atom. The van der Waals surface area contributed by atoms with Crippen LogP contribution in [0.25, 0.3) is 33.3 Å². The van der Waals surface area contributed by atoms with Crippen molar-refractivity contribution in [2.75, 3.05) is 33.5 Å². The third-order valence-corrected chi connectivity index (χ3v) is 24.4. The molecule has 4 saturated carbocycles. The minimum atomic E-state index is -2.49. The van der Waals surface area contributed by atoms with E-state index in [0.717, 1.165) is 159 Å². The van der Waals surface area contributed by atoms with Gasteiger partial charge in [-0.25, -0.2) is 0 Å². The van der Waals surface area contributed by atoms with Gasteiger partial charge >= 0.3 is 0 Å². The fourth-order valence-electron chi connectivity index (χ4n) is 20.7. The predicted molar refractivity (Wildman–Crippen MR) is 323 cm³/mol. The number of carbonyl (C=O) groups excluding carboxylic acids is 2. The lowest BCUT2D eigenvalue weighted by Gasteiger charge is -2.52. The van der Waals surface area contributed by atoms with Crippen LogP contribution in [0.4, 0.5) is 0 Å². The zero-order valence-corrected chi connectivity index (χ0v) is 49.6. The van der Waals surface area contributed by atoms with Gasteiger partial charge in [0, 0.05) is 64.2 Å². The van der Waals surface area contributed by atoms with Crippen molar-refractivity contribution in [2.45, 2.75) is 188 Å². The normalized spacial score (nSPS) is 35.7. The number of carbonyl (C=O) groups is 2. The standard InChI is InChI=1S/C72H78N2O13/c1-83-64-46-15-14-40-25-39-9-3-12-44(39)57-55(40)58(46)60-63(79)59(57)52(77)33-74-32-50-38(8-2-13-45(50)67(74)80)10-6-24-84-66-62(78)54-34-85-53(17-16-47(64)65(60)87-68(86-54)72(66,82)36-76)49-31-73-51-26-41-19-22-70-35-71(81)20-4-11-42(71)27-43(70)29-69(30-48(56(49)51)61(41)70)21-18-37(28-69)7-5-23-75/h2,8,13,16-17,25-26,31,37,39,42-44,53-54,62,66,68,73,75-76,78-79,81-82H,3-5,7,9-12,14-15,18-23,27-30,32-36H2,1H3. The van der Waals surface area contributed by atoms with Crippen molar-refractivity contribution >= 4 is 45.0 Å². The van der Waals surface area contributed by atoms with E-state index in [4.69, 9.17) is 23.7 Å². The lowest BCUT2D eigenvalue weighted by atomic mass is 9.54. The van der Waals surface area contributed by atoms with E-state index in [1.807, 2.05) is 18.2 Å². The molecule has 14 atom stereocenters. The molecule has 17 rings (SSSR count). The number of methoxy groups -OCH3 is 1. The van der Waals surface area contributed by atoms with Crippen LogP contribution in [0.15, 0.2) is 42.6 Å². The number of phenols is 1. The number of fused-ring (bicyclic) bond motifs is 10. The number of phenolic OH excluding ortho intramolecular Hbond substituents is 1. The summed E-state index contributed by atoms with van der Waals surface area (Å²) in [7, 11) is 1.61. The Balaban J connectivity index is 0.898. The van der Waals surface area contributed by atoms with Crippen molar-refractivity contribution in [3.05, 3.63) is 109 Å². The number of aromatic nitrogens is 1. The number of Topliss-reactive ketones (excluding diaryl/α,β-unsaturated/α-hetero) is 1. The Kier molecular flexibility index (Phi) is 12.5. The number of hydrogen-bond acceptors (Lipinski definition) is 13. The molecule has 1 aromatic heterocycles. The molecule has 1 saturated heterocycles. The molecular formula is C72H78N2O13. The largest absolute Gasteiger partial charge is 0.506 e. The van der Waals surface area contributed by atoms with E-state index in [-0.39, 0.29) is 83.7 Å². The van der Waals surface area contributed by atoms with Gasteiger partial charge < -0.3 is 64.2 Å². The summed E-state index contributed by atoms with van der Waals surface area (Å²) < 4.78 is 34.1. The Labute approximate surface area is 506 Å². The van der Waals surface area contributed by atoms with Gasteiger partial charge in [0.05, 0.1) is 49.0 Å². The van der Waals surface area contributed by atoms with Crippen LogP contribution in [0.2, 0.25) is 0 Å². The Morgan fingerprint density at radius 2 is 1.82 bits per heavy atom. The first-order valence-electron chi connectivity index (χ1n) is 32.6. The summed E-state index contributed by atoms with van der Waals surface area (Å²) in [5, 5.41) is 75.5. The van der Waals surface area contributed by atoms with Crippen molar-refractivity contribution in [3.63, 3.8) is 0 Å². The molecule has 14 unspecified atom stereocenters. The molecule has 2 spiro atoms. The minimum absolute atomic E-state index is 0.0228. The summed E-state index contributed by atoms with van der Waals surface area (Å²) in [5.74, 6) is 3.87. The number of allylic oxidation sites excluding steroid dienone is 2. The van der Waals surface area contributed by atoms with Gasteiger partial charge in [-0.3, -0.25) is 9.59 Å². The van der Waals surface area contributed by atoms with Gasteiger partial charge in [-0.2, -0.15) is 0 Å². The van der Waals surface area contributed by atoms with E-state index in [0.29, 0.717) is 52.9 Å². The molecule has 5 fully saturated rings. The summed E-state index contributed by atoms with van der Waals surface area (Å²) in [6, 6.07) is 7.78. The van der Waals surface area contributed by atoms with E-state index >= 15 is 4.79 Å². The van der Waals surface area contributed by atoms with E-state index in [1.54, 1.807) is 24.1 Å². The zero-order chi connectivity index (χ0) is 59.0. The van der Waals surface area contributed by atoms with Crippen molar-refractivity contribution in [1.82, 2.24) is 9.88 Å². The molecule has 12 aliphatic rings. The van der Waals surface area contributed by atoms with Crippen LogP contribution in [0, 0.1) is 41.1 Å². The van der Waals surface area contributed by atoms with Crippen molar-refractivity contribution in [1.29, 1.82) is 0 Å². The summed E-state index contributed by atoms with van der Waals surface area (Å²) in [4.78, 5) is 35.4. The van der Waals surface area contributed by atoms with Crippen molar-refractivity contribution in [2.24, 2.45) is 29.1 Å². The highest BCUT2D eigenvalue weighted by Crippen LogP contribution is 2.68. The maximum absolute atomic E-state index is 15.7. The number of amides is 1. The summed E-state index contributed by atoms with van der Waals surface area (Å²) >= 11 is 0. The highest BCUT2D eigenvalue weighted by atomic mass is 16.7. The number of H-pyrrole nitrogens is 1. The molecule has 0 radical (unpaired) electrons. The number of nitrogens with one attached hydrogen (secondary N) is 1. The molecule has 15 nitrogen and oxygen atoms in total. The lowest BCUT2D eigenvalue weighted by Crippen LogP contribution is -2.70. The van der Waals surface area contributed by atoms with Gasteiger partial charge in [0.2, 0.25) is 6.29 Å². The molecule has 15 heteroatoms. The first kappa shape index (κ1) is 54.9. The molecule has 8 aliphatic carbocycles. The molecule has 87 heavy (non-hydrogen) atoms. The number of nitrogens with zero attached hydrogens (tertiary/aromatic N) is 1. The quantitative estimate of drug-likeness (QED) is 0.0789. The van der Waals surface area contributed by atoms with Crippen LogP contribution in [0.3, 0.4) is 0 Å². The molecule has 4 aliphatic heterocycles. The number of rotatable bonds is 6. The van der Waals surface area contributed by atoms with E-state index in [2.05, 4.69) is 35.4 Å². The molecule has 4 aromatic carbocycles. The highest BCUT2D eigenvalue weighted by molar-refractivity contribution is 6.17. The molecule has 7 N–H and O–H groups in total. The van der Waals surface area contributed by atoms with Gasteiger partial charge in [0.25, 0.3) is 5.91 Å². The second-order valence-electron chi connectivity index (χ2n) is 28.7. The zero-order valence-electron chi connectivity index (χ0n) is 49.6. The lowest BCUT2D eigenvalue weighted by molar-refractivity contribution is -0.328. The number of ether oxygens (including phenoxy) is 5. The maximum atomic E-state index is 15.7. The summed E-state index contributed by atoms with van der Waals surface area (Å²) in [5.41, 5.74) is 8.65. The number of aliphatic hydroxyl groups is 5. The number of ketones is 1. The van der Waals surface area contributed by atoms with Gasteiger partial charge in [-0.15, -0.1) is 0 Å². The van der Waals surface area contributed by atoms with Crippen molar-refractivity contribution in [3.8, 4) is 29.3 Å². The molecule has 454 valence electrons. The maximum Gasteiger partial charge on any atom is 0.254 e. The second kappa shape index (κ2) is 19.9. The summed E-state index contributed by atoms with van der Waals surface area (Å²) in [6.07, 6.45) is 21.8. The highest BCUT2D eigenvalue weighted by Gasteiger charge is 2.63. The van der Waals surface area contributed by atoms with E-state index in [1.165, 1.54) is 16.7 Å². The Morgan fingerprint density at radius 3 is 2.68 bits per heavy atom. The number of aromatic hydroxyl groups is 1. The van der Waals surface area contributed by atoms with Gasteiger partial charge in [0.15, 0.2) is 17.5 Å². The molecule has 8 bridgehead atoms. The van der Waals surface area contributed by atoms with E-state index in [9.17, 15) is 35.4 Å². The molecule has 1 amide bonds. The monoisotopic (exact) mass is 1180 g/mol. The number of hydrogen-bond donors (Lipinski definition) is 7. The molecule has 5 heterocycles. The third-order valence-electron chi connectivity index (χ3n) is 24.4. The van der Waals surface area contributed by atoms with Crippen LogP contribution in [-0.2, 0) is 51.9 Å². The van der Waals surface area contributed by atoms with Crippen molar-refractivity contribution < 1.29 is 63.9 Å². The van der Waals surface area contributed by atoms with Crippen LogP contribution in [-0.4, -0.2) is 121 Å². The number of benzene rings is 4. The Bertz CT molecular complexity index is 3930.